The van der Waals surface area contributed by atoms with Crippen LogP contribution in [0.4, 0.5) is 0 Å². The summed E-state index contributed by atoms with van der Waals surface area (Å²) < 4.78 is 14.1. The van der Waals surface area contributed by atoms with Crippen molar-refractivity contribution >= 4 is 75.6 Å². The number of ketones is 1. The molecular formula is C49H56NO6PSSi. The lowest BCUT2D eigenvalue weighted by Gasteiger charge is -2.56. The fraction of sp³-hybridized carbons (Fsp3) is 0.347. The van der Waals surface area contributed by atoms with E-state index in [-0.39, 0.29) is 28.8 Å². The van der Waals surface area contributed by atoms with E-state index in [1.807, 2.05) is 128 Å². The zero-order valence-electron chi connectivity index (χ0n) is 34.9. The second-order valence-corrected chi connectivity index (χ2v) is 26.6. The van der Waals surface area contributed by atoms with Crippen LogP contribution < -0.4 is 15.9 Å². The molecule has 0 spiro atoms. The van der Waals surface area contributed by atoms with Gasteiger partial charge in [-0.05, 0) is 71.3 Å². The van der Waals surface area contributed by atoms with Crippen molar-refractivity contribution in [3.63, 3.8) is 0 Å². The van der Waals surface area contributed by atoms with Crippen LogP contribution in [0.25, 0.3) is 10.1 Å². The molecule has 10 heteroatoms. The SMILES string of the molecule is C=CCOC(=O)C(N1C(=O)[C@H]([C@@H](C)O[Si](C)(C)C(C)(C)C)[C@H]1[C@H]1CCCC(C(O)c2cc3ccccc3s2)C1=O)=P(c1ccccc1)(c1ccccc1)c1ccccc1. The Morgan fingerprint density at radius 1 is 0.898 bits per heavy atom. The standard InChI is InChI=1S/C49H56NO6PSSi/c1-8-31-55-48(54)47(57(35-22-12-9-13-23-35,36-24-14-10-15-25-36)37-26-16-11-17-27-37)50-43(42(46(50)53)33(2)56-59(6,7)49(3,4)5)38-28-20-29-39(44(38)51)45(52)41-32-34-21-18-19-30-40(34)58-41/h8-19,21-27,30,32-33,38-39,42-43,45,52H,1,20,28-29,31H2,2-7H3/t33-,38-,39?,42-,43-,45?/m1/s1. The van der Waals surface area contributed by atoms with E-state index in [1.165, 1.54) is 17.4 Å². The number of aliphatic hydroxyl groups excluding tert-OH is 1. The van der Waals surface area contributed by atoms with E-state index in [9.17, 15) is 5.11 Å². The maximum absolute atomic E-state index is 15.5. The molecule has 1 saturated heterocycles. The molecule has 1 aliphatic carbocycles. The number of thiophene rings is 1. The quantitative estimate of drug-likeness (QED) is 0.0419. The molecule has 2 unspecified atom stereocenters. The topological polar surface area (TPSA) is 93.1 Å². The molecule has 0 bridgehead atoms. The number of likely N-dealkylation sites (tertiary alicyclic amines) is 1. The van der Waals surface area contributed by atoms with Crippen LogP contribution in [-0.2, 0) is 23.5 Å². The maximum Gasteiger partial charge on any atom is 0.356 e. The lowest BCUT2D eigenvalue weighted by atomic mass is 9.66. The first-order chi connectivity index (χ1) is 28.2. The van der Waals surface area contributed by atoms with Crippen molar-refractivity contribution in [1.29, 1.82) is 0 Å². The van der Waals surface area contributed by atoms with Crippen LogP contribution in [0.1, 0.15) is 57.9 Å². The number of aliphatic hydroxyl groups is 1. The van der Waals surface area contributed by atoms with E-state index >= 15 is 14.4 Å². The first-order valence-corrected chi connectivity index (χ1v) is 26.2. The van der Waals surface area contributed by atoms with Crippen LogP contribution in [0.15, 0.2) is 134 Å². The van der Waals surface area contributed by atoms with Crippen molar-refractivity contribution in [2.45, 2.75) is 83.3 Å². The van der Waals surface area contributed by atoms with Crippen molar-refractivity contribution in [3.8, 4) is 0 Å². The molecule has 1 aliphatic heterocycles. The Morgan fingerprint density at radius 2 is 1.44 bits per heavy atom. The number of amides is 1. The number of hydrogen-bond acceptors (Lipinski definition) is 7. The fourth-order valence-electron chi connectivity index (χ4n) is 8.88. The van der Waals surface area contributed by atoms with Gasteiger partial charge in [-0.15, -0.1) is 11.3 Å². The van der Waals surface area contributed by atoms with Crippen molar-refractivity contribution in [2.24, 2.45) is 17.8 Å². The van der Waals surface area contributed by atoms with Gasteiger partial charge in [-0.3, -0.25) is 9.59 Å². The van der Waals surface area contributed by atoms with Gasteiger partial charge in [0, 0.05) is 28.3 Å². The van der Waals surface area contributed by atoms with Crippen LogP contribution >= 0.6 is 18.2 Å². The summed E-state index contributed by atoms with van der Waals surface area (Å²) in [5, 5.41) is 15.5. The summed E-state index contributed by atoms with van der Waals surface area (Å²) in [6.07, 6.45) is 1.69. The summed E-state index contributed by atoms with van der Waals surface area (Å²) in [7, 11) is -2.41. The van der Waals surface area contributed by atoms with Gasteiger partial charge in [0.2, 0.25) is 5.91 Å². The second kappa shape index (κ2) is 17.3. The summed E-state index contributed by atoms with van der Waals surface area (Å²) in [6, 6.07) is 39.0. The minimum Gasteiger partial charge on any atom is -0.457 e. The fourth-order valence-corrected chi connectivity index (χ4v) is 15.8. The third kappa shape index (κ3) is 7.89. The molecule has 7 rings (SSSR count). The van der Waals surface area contributed by atoms with Gasteiger partial charge >= 0.3 is 5.97 Å². The molecule has 1 amide bonds. The molecule has 4 aromatic carbocycles. The number of fused-ring (bicyclic) bond motifs is 1. The first-order valence-electron chi connectivity index (χ1n) is 20.6. The molecular weight excluding hydrogens is 790 g/mol. The molecule has 6 atom stereocenters. The van der Waals surface area contributed by atoms with Gasteiger partial charge < -0.3 is 19.2 Å². The Labute approximate surface area is 354 Å². The normalized spacial score (nSPS) is 21.1. The van der Waals surface area contributed by atoms with Gasteiger partial charge in [-0.1, -0.05) is 149 Å². The Hall–Kier alpha value is -4.37. The van der Waals surface area contributed by atoms with Crippen LogP contribution in [0.2, 0.25) is 18.1 Å². The summed E-state index contributed by atoms with van der Waals surface area (Å²) >= 11 is 1.51. The smallest absolute Gasteiger partial charge is 0.356 e. The number of carbonyl (C=O) groups is 3. The van der Waals surface area contributed by atoms with Crippen molar-refractivity contribution < 1.29 is 28.7 Å². The van der Waals surface area contributed by atoms with E-state index in [2.05, 4.69) is 40.4 Å². The largest absolute Gasteiger partial charge is 0.457 e. The average Bonchev–Trinajstić information content (AvgIpc) is 3.67. The molecule has 1 saturated carbocycles. The van der Waals surface area contributed by atoms with Crippen LogP contribution in [0, 0.1) is 17.8 Å². The molecule has 1 N–H and O–H groups in total. The molecule has 59 heavy (non-hydrogen) atoms. The van der Waals surface area contributed by atoms with E-state index in [1.54, 1.807) is 4.90 Å². The van der Waals surface area contributed by atoms with Gasteiger partial charge in [-0.2, -0.15) is 0 Å². The van der Waals surface area contributed by atoms with E-state index in [4.69, 9.17) is 9.16 Å². The summed E-state index contributed by atoms with van der Waals surface area (Å²) in [5.74, 6) is -3.05. The van der Waals surface area contributed by atoms with Crippen molar-refractivity contribution in [1.82, 2.24) is 4.90 Å². The minimum absolute atomic E-state index is 0.0620. The predicted octanol–water partition coefficient (Wildman–Crippen LogP) is 9.01. The van der Waals surface area contributed by atoms with Gasteiger partial charge in [-0.25, -0.2) is 4.79 Å². The molecule has 2 heterocycles. The number of hydrogen-bond donors (Lipinski definition) is 1. The highest BCUT2D eigenvalue weighted by atomic mass is 32.1. The minimum atomic E-state index is -3.23. The Kier molecular flexibility index (Phi) is 12.5. The molecule has 2 aliphatic rings. The average molecular weight is 846 g/mol. The highest BCUT2D eigenvalue weighted by Gasteiger charge is 2.61. The molecule has 1 aromatic heterocycles. The number of Topliss-reactive ketones (excluding diaryl/α,β-unsaturated/α-hetero) is 1. The Bertz CT molecular complexity index is 2240. The maximum atomic E-state index is 15.5. The lowest BCUT2D eigenvalue weighted by molar-refractivity contribution is -0.164. The van der Waals surface area contributed by atoms with Crippen molar-refractivity contribution in [3.05, 3.63) is 139 Å². The summed E-state index contributed by atoms with van der Waals surface area (Å²) in [5.41, 5.74) is 0.230. The third-order valence-corrected chi connectivity index (χ3v) is 22.8. The molecule has 7 nitrogen and oxygen atoms in total. The first kappa shape index (κ1) is 42.7. The monoisotopic (exact) mass is 845 g/mol. The Morgan fingerprint density at radius 3 is 1.97 bits per heavy atom. The number of carbonyl (C=O) groups excluding carboxylic acids is 3. The number of nitrogens with zero attached hydrogens (tertiary/aromatic N) is 1. The van der Waals surface area contributed by atoms with E-state index in [0.29, 0.717) is 19.3 Å². The number of β-lactam (4-membered cyclic amide) rings is 1. The van der Waals surface area contributed by atoms with E-state index < -0.39 is 57.2 Å². The number of esters is 1. The van der Waals surface area contributed by atoms with E-state index in [0.717, 1.165) is 30.9 Å². The predicted molar refractivity (Wildman–Crippen MR) is 246 cm³/mol. The van der Waals surface area contributed by atoms with Crippen LogP contribution in [-0.4, -0.2) is 60.2 Å². The van der Waals surface area contributed by atoms with Crippen LogP contribution in [0.5, 0.6) is 0 Å². The van der Waals surface area contributed by atoms with Gasteiger partial charge in [0.25, 0.3) is 0 Å². The van der Waals surface area contributed by atoms with Gasteiger partial charge in [0.1, 0.15) is 17.8 Å². The zero-order chi connectivity index (χ0) is 42.1. The molecule has 2 fully saturated rings. The molecule has 5 aromatic rings. The summed E-state index contributed by atoms with van der Waals surface area (Å²) in [6.45, 7) is 13.3. The number of rotatable bonds is 13. The molecule has 0 radical (unpaired) electrons. The molecule has 308 valence electrons. The van der Waals surface area contributed by atoms with Gasteiger partial charge in [0.05, 0.1) is 24.2 Å². The van der Waals surface area contributed by atoms with Crippen LogP contribution in [0.3, 0.4) is 0 Å². The second-order valence-electron chi connectivity index (χ2n) is 17.4. The zero-order valence-corrected chi connectivity index (χ0v) is 37.6. The number of ether oxygens (including phenoxy) is 1. The summed E-state index contributed by atoms with van der Waals surface area (Å²) in [4.78, 5) is 48.3. The Balaban J connectivity index is 1.47. The van der Waals surface area contributed by atoms with Crippen molar-refractivity contribution in [2.75, 3.05) is 6.61 Å². The highest BCUT2D eigenvalue weighted by Crippen LogP contribution is 2.53. The number of benzene rings is 4. The third-order valence-electron chi connectivity index (χ3n) is 12.8. The highest BCUT2D eigenvalue weighted by molar-refractivity contribution is 7.96. The lowest BCUT2D eigenvalue weighted by Crippen LogP contribution is -2.72. The van der Waals surface area contributed by atoms with Gasteiger partial charge in [0.15, 0.2) is 8.32 Å².